The molecule has 0 spiro atoms. The zero-order valence-corrected chi connectivity index (χ0v) is 13.2. The molecule has 120 valence electrons. The van der Waals surface area contributed by atoms with Gasteiger partial charge >= 0.3 is 0 Å². The molecule has 23 heavy (non-hydrogen) atoms. The van der Waals surface area contributed by atoms with Crippen molar-refractivity contribution in [3.05, 3.63) is 35.5 Å². The van der Waals surface area contributed by atoms with Crippen molar-refractivity contribution in [3.63, 3.8) is 0 Å². The average Bonchev–Trinajstić information content (AvgIpc) is 2.95. The SMILES string of the molecule is Cn1c(CO)nnc1CC1CCN(c2cccc(C#N)n2)CC1. The third-order valence-electron chi connectivity index (χ3n) is 4.46. The summed E-state index contributed by atoms with van der Waals surface area (Å²) in [5, 5.41) is 26.3. The lowest BCUT2D eigenvalue weighted by Gasteiger charge is -2.32. The molecule has 0 unspecified atom stereocenters. The minimum atomic E-state index is -0.0805. The normalized spacial score (nSPS) is 15.6. The van der Waals surface area contributed by atoms with E-state index in [1.165, 1.54) is 0 Å². The van der Waals surface area contributed by atoms with E-state index in [0.29, 0.717) is 17.4 Å². The summed E-state index contributed by atoms with van der Waals surface area (Å²) in [4.78, 5) is 6.59. The van der Waals surface area contributed by atoms with E-state index >= 15 is 0 Å². The molecule has 3 rings (SSSR count). The summed E-state index contributed by atoms with van der Waals surface area (Å²) >= 11 is 0. The third-order valence-corrected chi connectivity index (χ3v) is 4.46. The molecule has 7 heteroatoms. The summed E-state index contributed by atoms with van der Waals surface area (Å²) in [5.74, 6) is 2.97. The maximum absolute atomic E-state index is 9.18. The molecule has 1 saturated heterocycles. The summed E-state index contributed by atoms with van der Waals surface area (Å²) < 4.78 is 1.88. The molecule has 1 fully saturated rings. The molecule has 0 aromatic carbocycles. The van der Waals surface area contributed by atoms with Crippen LogP contribution in [-0.2, 0) is 20.1 Å². The van der Waals surface area contributed by atoms with Crippen LogP contribution in [0.4, 0.5) is 5.82 Å². The van der Waals surface area contributed by atoms with Crippen molar-refractivity contribution in [2.75, 3.05) is 18.0 Å². The first-order valence-electron chi connectivity index (χ1n) is 7.81. The maximum Gasteiger partial charge on any atom is 0.158 e. The number of piperidine rings is 1. The minimum absolute atomic E-state index is 0.0805. The molecular formula is C16H20N6O. The summed E-state index contributed by atoms with van der Waals surface area (Å²) in [5.41, 5.74) is 0.459. The molecule has 0 radical (unpaired) electrons. The number of aliphatic hydroxyl groups excluding tert-OH is 1. The summed E-state index contributed by atoms with van der Waals surface area (Å²) in [7, 11) is 1.90. The summed E-state index contributed by atoms with van der Waals surface area (Å²) in [6.07, 6.45) is 2.99. The number of aromatic nitrogens is 4. The molecule has 3 heterocycles. The lowest BCUT2D eigenvalue weighted by Crippen LogP contribution is -2.35. The Hall–Kier alpha value is -2.46. The highest BCUT2D eigenvalue weighted by Gasteiger charge is 2.22. The van der Waals surface area contributed by atoms with Gasteiger partial charge in [-0.15, -0.1) is 10.2 Å². The van der Waals surface area contributed by atoms with E-state index in [1.54, 1.807) is 6.07 Å². The molecule has 1 aliphatic heterocycles. The summed E-state index contributed by atoms with van der Waals surface area (Å²) in [6, 6.07) is 7.64. The van der Waals surface area contributed by atoms with Gasteiger partial charge in [-0.1, -0.05) is 6.07 Å². The van der Waals surface area contributed by atoms with E-state index in [-0.39, 0.29) is 6.61 Å². The molecule has 1 aliphatic rings. The number of hydrogen-bond acceptors (Lipinski definition) is 6. The Morgan fingerprint density at radius 1 is 1.26 bits per heavy atom. The van der Waals surface area contributed by atoms with Crippen molar-refractivity contribution in [3.8, 4) is 6.07 Å². The van der Waals surface area contributed by atoms with Gasteiger partial charge in [0.2, 0.25) is 0 Å². The fourth-order valence-electron chi connectivity index (χ4n) is 3.00. The first kappa shape index (κ1) is 15.4. The molecule has 0 saturated carbocycles. The van der Waals surface area contributed by atoms with Gasteiger partial charge in [-0.2, -0.15) is 5.26 Å². The number of anilines is 1. The lowest BCUT2D eigenvalue weighted by molar-refractivity contribution is 0.266. The fraction of sp³-hybridized carbons (Fsp3) is 0.500. The largest absolute Gasteiger partial charge is 0.388 e. The Morgan fingerprint density at radius 3 is 2.65 bits per heavy atom. The highest BCUT2D eigenvalue weighted by atomic mass is 16.3. The second kappa shape index (κ2) is 6.75. The van der Waals surface area contributed by atoms with Gasteiger partial charge in [0.15, 0.2) is 5.82 Å². The Morgan fingerprint density at radius 2 is 2.00 bits per heavy atom. The van der Waals surface area contributed by atoms with Crippen LogP contribution < -0.4 is 4.90 Å². The average molecular weight is 312 g/mol. The minimum Gasteiger partial charge on any atom is -0.388 e. The summed E-state index contributed by atoms with van der Waals surface area (Å²) in [6.45, 7) is 1.78. The van der Waals surface area contributed by atoms with Crippen molar-refractivity contribution < 1.29 is 5.11 Å². The number of nitriles is 1. The van der Waals surface area contributed by atoms with Crippen LogP contribution in [-0.4, -0.2) is 37.9 Å². The van der Waals surface area contributed by atoms with Crippen molar-refractivity contribution in [1.29, 1.82) is 5.26 Å². The molecule has 0 atom stereocenters. The van der Waals surface area contributed by atoms with Gasteiger partial charge in [-0.25, -0.2) is 4.98 Å². The van der Waals surface area contributed by atoms with Crippen LogP contribution in [0.15, 0.2) is 18.2 Å². The molecule has 0 aliphatic carbocycles. The third kappa shape index (κ3) is 3.32. The number of rotatable bonds is 4. The molecule has 0 amide bonds. The first-order valence-corrected chi connectivity index (χ1v) is 7.81. The van der Waals surface area contributed by atoms with E-state index in [0.717, 1.165) is 44.0 Å². The fourth-order valence-corrected chi connectivity index (χ4v) is 3.00. The molecular weight excluding hydrogens is 292 g/mol. The Bertz CT molecular complexity index is 712. The quantitative estimate of drug-likeness (QED) is 0.907. The lowest BCUT2D eigenvalue weighted by atomic mass is 9.93. The standard InChI is InChI=1S/C16H20N6O/c1-21-15(19-20-16(21)11-23)9-12-5-7-22(8-6-12)14-4-2-3-13(10-17)18-14/h2-4,12,23H,5-9,11H2,1H3. The molecule has 7 nitrogen and oxygen atoms in total. The van der Waals surface area contributed by atoms with Crippen LogP contribution in [0, 0.1) is 17.2 Å². The maximum atomic E-state index is 9.18. The van der Waals surface area contributed by atoms with Gasteiger partial charge < -0.3 is 14.6 Å². The molecule has 2 aromatic rings. The predicted octanol–water partition coefficient (Wildman–Crippen LogP) is 1.03. The zero-order chi connectivity index (χ0) is 16.2. The molecule has 1 N–H and O–H groups in total. The van der Waals surface area contributed by atoms with Crippen LogP contribution in [0.25, 0.3) is 0 Å². The van der Waals surface area contributed by atoms with Crippen molar-refractivity contribution >= 4 is 5.82 Å². The monoisotopic (exact) mass is 312 g/mol. The number of aliphatic hydroxyl groups is 1. The Kier molecular flexibility index (Phi) is 4.53. The predicted molar refractivity (Wildman–Crippen MR) is 84.5 cm³/mol. The molecule has 0 bridgehead atoms. The van der Waals surface area contributed by atoms with Gasteiger partial charge in [0.1, 0.15) is 30.0 Å². The highest BCUT2D eigenvalue weighted by molar-refractivity contribution is 5.41. The Balaban J connectivity index is 1.60. The van der Waals surface area contributed by atoms with Gasteiger partial charge in [-0.05, 0) is 30.9 Å². The number of nitrogens with zero attached hydrogens (tertiary/aromatic N) is 6. The van der Waals surface area contributed by atoms with Gasteiger partial charge in [0.25, 0.3) is 0 Å². The molecule has 2 aromatic heterocycles. The van der Waals surface area contributed by atoms with E-state index < -0.39 is 0 Å². The van der Waals surface area contributed by atoms with Crippen LogP contribution in [0.5, 0.6) is 0 Å². The van der Waals surface area contributed by atoms with Gasteiger partial charge in [-0.3, -0.25) is 0 Å². The van der Waals surface area contributed by atoms with E-state index in [9.17, 15) is 5.11 Å². The van der Waals surface area contributed by atoms with Gasteiger partial charge in [0.05, 0.1) is 0 Å². The van der Waals surface area contributed by atoms with Crippen molar-refractivity contribution in [2.45, 2.75) is 25.9 Å². The highest BCUT2D eigenvalue weighted by Crippen LogP contribution is 2.24. The van der Waals surface area contributed by atoms with Crippen LogP contribution in [0.3, 0.4) is 0 Å². The smallest absolute Gasteiger partial charge is 0.158 e. The van der Waals surface area contributed by atoms with Crippen LogP contribution >= 0.6 is 0 Å². The Labute approximate surface area is 135 Å². The van der Waals surface area contributed by atoms with E-state index in [1.807, 2.05) is 23.7 Å². The van der Waals surface area contributed by atoms with E-state index in [2.05, 4.69) is 26.2 Å². The van der Waals surface area contributed by atoms with Crippen LogP contribution in [0.2, 0.25) is 0 Å². The van der Waals surface area contributed by atoms with Crippen molar-refractivity contribution in [1.82, 2.24) is 19.7 Å². The number of hydrogen-bond donors (Lipinski definition) is 1. The first-order chi connectivity index (χ1) is 11.2. The van der Waals surface area contributed by atoms with Crippen molar-refractivity contribution in [2.24, 2.45) is 13.0 Å². The zero-order valence-electron chi connectivity index (χ0n) is 13.2. The van der Waals surface area contributed by atoms with Crippen LogP contribution in [0.1, 0.15) is 30.2 Å². The second-order valence-electron chi connectivity index (χ2n) is 5.88. The topological polar surface area (TPSA) is 90.9 Å². The number of pyridine rings is 1. The van der Waals surface area contributed by atoms with E-state index in [4.69, 9.17) is 5.26 Å². The van der Waals surface area contributed by atoms with Gasteiger partial charge in [0, 0.05) is 26.6 Å². The second-order valence-corrected chi connectivity index (χ2v) is 5.88.